The maximum atomic E-state index is 3.50. The smallest absolute Gasteiger partial charge is 0.00339 e. The van der Waals surface area contributed by atoms with Gasteiger partial charge in [0.25, 0.3) is 0 Å². The summed E-state index contributed by atoms with van der Waals surface area (Å²) in [6.07, 6.45) is 8.36. The Balaban J connectivity index is 3.20. The molecule has 0 nitrogen and oxygen atoms in total. The highest BCUT2D eigenvalue weighted by Crippen LogP contribution is 2.17. The second-order valence-corrected chi connectivity index (χ2v) is 4.04. The zero-order valence-electron chi connectivity index (χ0n) is 7.91. The molecule has 0 fully saturated rings. The van der Waals surface area contributed by atoms with Crippen molar-refractivity contribution in [2.75, 3.05) is 5.33 Å². The summed E-state index contributed by atoms with van der Waals surface area (Å²) in [5.41, 5.74) is 0. The van der Waals surface area contributed by atoms with Gasteiger partial charge in [-0.2, -0.15) is 0 Å². The molecule has 0 aromatic carbocycles. The zero-order valence-corrected chi connectivity index (χ0v) is 9.49. The summed E-state index contributed by atoms with van der Waals surface area (Å²) in [6.45, 7) is 4.57. The Morgan fingerprint density at radius 2 is 1.82 bits per heavy atom. The number of hydrogen-bond donors (Lipinski definition) is 0. The van der Waals surface area contributed by atoms with E-state index in [2.05, 4.69) is 29.8 Å². The minimum atomic E-state index is 0.973. The molecule has 0 aromatic heterocycles. The molecule has 0 rings (SSSR count). The standard InChI is InChI=1S/C10H21Br/c1-3-5-6-7-10(4-2)8-9-11/h10H,3-9H2,1-2H3. The van der Waals surface area contributed by atoms with Crippen LogP contribution in [-0.2, 0) is 0 Å². The third kappa shape index (κ3) is 6.86. The molecule has 0 aliphatic heterocycles. The SMILES string of the molecule is CCCCCC(CC)CCBr. The van der Waals surface area contributed by atoms with Crippen LogP contribution in [0.2, 0.25) is 0 Å². The van der Waals surface area contributed by atoms with Gasteiger partial charge in [-0.25, -0.2) is 0 Å². The molecule has 0 aliphatic carbocycles. The van der Waals surface area contributed by atoms with E-state index < -0.39 is 0 Å². The van der Waals surface area contributed by atoms with Gasteiger partial charge in [-0.3, -0.25) is 0 Å². The predicted octanol–water partition coefficient (Wildman–Crippen LogP) is 4.38. The van der Waals surface area contributed by atoms with Crippen molar-refractivity contribution >= 4 is 15.9 Å². The van der Waals surface area contributed by atoms with Crippen LogP contribution in [0.15, 0.2) is 0 Å². The highest BCUT2D eigenvalue weighted by Gasteiger charge is 2.03. The molecular formula is C10H21Br. The van der Waals surface area contributed by atoms with Gasteiger partial charge in [0.2, 0.25) is 0 Å². The van der Waals surface area contributed by atoms with Crippen molar-refractivity contribution in [3.05, 3.63) is 0 Å². The molecule has 0 saturated carbocycles. The second kappa shape index (κ2) is 8.58. The van der Waals surface area contributed by atoms with Gasteiger partial charge in [-0.05, 0) is 12.3 Å². The molecule has 1 atom stereocenters. The molecule has 0 spiro atoms. The van der Waals surface area contributed by atoms with Gasteiger partial charge in [0.1, 0.15) is 0 Å². The van der Waals surface area contributed by atoms with Crippen LogP contribution in [0.4, 0.5) is 0 Å². The lowest BCUT2D eigenvalue weighted by atomic mass is 9.96. The molecule has 0 aliphatic rings. The summed E-state index contributed by atoms with van der Waals surface area (Å²) in [6, 6.07) is 0. The Morgan fingerprint density at radius 1 is 1.09 bits per heavy atom. The lowest BCUT2D eigenvalue weighted by Crippen LogP contribution is -1.99. The van der Waals surface area contributed by atoms with Crippen molar-refractivity contribution in [3.8, 4) is 0 Å². The summed E-state index contributed by atoms with van der Waals surface area (Å²) >= 11 is 3.50. The van der Waals surface area contributed by atoms with E-state index in [4.69, 9.17) is 0 Å². The fourth-order valence-electron chi connectivity index (χ4n) is 1.39. The van der Waals surface area contributed by atoms with Crippen LogP contribution < -0.4 is 0 Å². The topological polar surface area (TPSA) is 0 Å². The number of alkyl halides is 1. The van der Waals surface area contributed by atoms with Gasteiger partial charge in [-0.1, -0.05) is 61.9 Å². The minimum absolute atomic E-state index is 0.973. The molecule has 0 radical (unpaired) electrons. The second-order valence-electron chi connectivity index (χ2n) is 3.25. The number of hydrogen-bond acceptors (Lipinski definition) is 0. The van der Waals surface area contributed by atoms with E-state index in [0.29, 0.717) is 0 Å². The largest absolute Gasteiger partial charge is 0.0928 e. The van der Waals surface area contributed by atoms with Gasteiger partial charge >= 0.3 is 0 Å². The van der Waals surface area contributed by atoms with Crippen LogP contribution in [0, 0.1) is 5.92 Å². The van der Waals surface area contributed by atoms with Crippen molar-refractivity contribution in [3.63, 3.8) is 0 Å². The maximum Gasteiger partial charge on any atom is 0.00339 e. The normalized spacial score (nSPS) is 13.4. The average molecular weight is 221 g/mol. The molecule has 11 heavy (non-hydrogen) atoms. The van der Waals surface area contributed by atoms with Crippen LogP contribution >= 0.6 is 15.9 Å². The van der Waals surface area contributed by atoms with E-state index in [9.17, 15) is 0 Å². The van der Waals surface area contributed by atoms with Crippen LogP contribution in [0.1, 0.15) is 52.4 Å². The van der Waals surface area contributed by atoms with Gasteiger partial charge in [0, 0.05) is 5.33 Å². The summed E-state index contributed by atoms with van der Waals surface area (Å²) in [4.78, 5) is 0. The van der Waals surface area contributed by atoms with E-state index in [1.807, 2.05) is 0 Å². The van der Waals surface area contributed by atoms with Crippen LogP contribution in [0.3, 0.4) is 0 Å². The van der Waals surface area contributed by atoms with Crippen LogP contribution in [0.5, 0.6) is 0 Å². The Labute approximate surface area is 79.9 Å². The van der Waals surface area contributed by atoms with Crippen molar-refractivity contribution in [1.82, 2.24) is 0 Å². The average Bonchev–Trinajstić information content (AvgIpc) is 2.03. The van der Waals surface area contributed by atoms with Gasteiger partial charge < -0.3 is 0 Å². The van der Waals surface area contributed by atoms with E-state index in [1.165, 1.54) is 43.9 Å². The first kappa shape index (κ1) is 11.5. The van der Waals surface area contributed by atoms with Crippen LogP contribution in [0.25, 0.3) is 0 Å². The van der Waals surface area contributed by atoms with Crippen molar-refractivity contribution in [1.29, 1.82) is 0 Å². The molecule has 1 unspecified atom stereocenters. The van der Waals surface area contributed by atoms with Gasteiger partial charge in [0.05, 0.1) is 0 Å². The quantitative estimate of drug-likeness (QED) is 0.442. The maximum absolute atomic E-state index is 3.50. The molecule has 0 aromatic rings. The van der Waals surface area contributed by atoms with E-state index >= 15 is 0 Å². The third-order valence-electron chi connectivity index (χ3n) is 2.31. The van der Waals surface area contributed by atoms with Gasteiger partial charge in [-0.15, -0.1) is 0 Å². The van der Waals surface area contributed by atoms with Crippen molar-refractivity contribution < 1.29 is 0 Å². The highest BCUT2D eigenvalue weighted by atomic mass is 79.9. The fourth-order valence-corrected chi connectivity index (χ4v) is 2.04. The van der Waals surface area contributed by atoms with Crippen molar-refractivity contribution in [2.45, 2.75) is 52.4 Å². The summed E-state index contributed by atoms with van der Waals surface area (Å²) < 4.78 is 0. The molecule has 0 amide bonds. The Hall–Kier alpha value is 0.480. The lowest BCUT2D eigenvalue weighted by molar-refractivity contribution is 0.436. The van der Waals surface area contributed by atoms with Gasteiger partial charge in [0.15, 0.2) is 0 Å². The Bertz CT molecular complexity index is 71.3. The summed E-state index contributed by atoms with van der Waals surface area (Å²) in [7, 11) is 0. The molecule has 68 valence electrons. The van der Waals surface area contributed by atoms with E-state index in [-0.39, 0.29) is 0 Å². The third-order valence-corrected chi connectivity index (χ3v) is 2.77. The first-order valence-electron chi connectivity index (χ1n) is 4.91. The number of unbranched alkanes of at least 4 members (excludes halogenated alkanes) is 2. The predicted molar refractivity (Wildman–Crippen MR) is 56.3 cm³/mol. The fraction of sp³-hybridized carbons (Fsp3) is 1.00. The minimum Gasteiger partial charge on any atom is -0.0928 e. The summed E-state index contributed by atoms with van der Waals surface area (Å²) in [5, 5.41) is 1.18. The number of rotatable bonds is 7. The van der Waals surface area contributed by atoms with Crippen molar-refractivity contribution in [2.24, 2.45) is 5.92 Å². The lowest BCUT2D eigenvalue weighted by Gasteiger charge is -2.11. The molecule has 0 bridgehead atoms. The van der Waals surface area contributed by atoms with Crippen LogP contribution in [-0.4, -0.2) is 5.33 Å². The first-order chi connectivity index (χ1) is 5.35. The summed E-state index contributed by atoms with van der Waals surface area (Å²) in [5.74, 6) is 0.973. The Kier molecular flexibility index (Phi) is 8.95. The molecular weight excluding hydrogens is 200 g/mol. The first-order valence-corrected chi connectivity index (χ1v) is 6.03. The zero-order chi connectivity index (χ0) is 8.53. The monoisotopic (exact) mass is 220 g/mol. The molecule has 0 saturated heterocycles. The Morgan fingerprint density at radius 3 is 2.27 bits per heavy atom. The molecule has 0 heterocycles. The molecule has 0 N–H and O–H groups in total. The molecule has 1 heteroatoms. The van der Waals surface area contributed by atoms with E-state index in [0.717, 1.165) is 5.92 Å². The number of halogens is 1. The highest BCUT2D eigenvalue weighted by molar-refractivity contribution is 9.09. The van der Waals surface area contributed by atoms with E-state index in [1.54, 1.807) is 0 Å².